The van der Waals surface area contributed by atoms with Crippen molar-refractivity contribution in [1.29, 1.82) is 0 Å². The fraction of sp³-hybridized carbons (Fsp3) is 0.333. The van der Waals surface area contributed by atoms with Crippen molar-refractivity contribution >= 4 is 5.91 Å². The minimum atomic E-state index is -0.381. The Labute approximate surface area is 181 Å². The van der Waals surface area contributed by atoms with Crippen LogP contribution >= 0.6 is 0 Å². The summed E-state index contributed by atoms with van der Waals surface area (Å²) in [4.78, 5) is 13.2. The largest absolute Gasteiger partial charge is 0.497 e. The molecule has 1 atom stereocenters. The van der Waals surface area contributed by atoms with Gasteiger partial charge in [-0.25, -0.2) is 0 Å². The van der Waals surface area contributed by atoms with Crippen molar-refractivity contribution in [3.05, 3.63) is 59.3 Å². The number of H-pyrrole nitrogens is 1. The zero-order valence-electron chi connectivity index (χ0n) is 18.4. The number of nitrogens with zero attached hydrogens (tertiary/aromatic N) is 1. The Balaban J connectivity index is 1.64. The lowest BCUT2D eigenvalue weighted by Crippen LogP contribution is -2.41. The van der Waals surface area contributed by atoms with Crippen LogP contribution in [0.2, 0.25) is 0 Å². The minimum Gasteiger partial charge on any atom is -0.497 e. The summed E-state index contributed by atoms with van der Waals surface area (Å²) in [6.07, 6.45) is 0.666. The third-order valence-electron chi connectivity index (χ3n) is 5.58. The van der Waals surface area contributed by atoms with Crippen molar-refractivity contribution < 1.29 is 19.0 Å². The Morgan fingerprint density at radius 2 is 1.97 bits per heavy atom. The van der Waals surface area contributed by atoms with Crippen molar-refractivity contribution in [3.8, 4) is 28.5 Å². The molecule has 7 nitrogen and oxygen atoms in total. The second kappa shape index (κ2) is 7.98. The van der Waals surface area contributed by atoms with E-state index in [9.17, 15) is 4.79 Å². The van der Waals surface area contributed by atoms with Gasteiger partial charge >= 0.3 is 0 Å². The molecule has 1 aliphatic heterocycles. The summed E-state index contributed by atoms with van der Waals surface area (Å²) in [6.45, 7) is 5.92. The third kappa shape index (κ3) is 3.95. The van der Waals surface area contributed by atoms with Gasteiger partial charge in [0.2, 0.25) is 0 Å². The van der Waals surface area contributed by atoms with Gasteiger partial charge in [0.25, 0.3) is 5.91 Å². The molecule has 0 saturated carbocycles. The van der Waals surface area contributed by atoms with E-state index in [1.165, 1.54) is 0 Å². The number of hydrogen-bond donors (Lipinski definition) is 2. The number of aromatic amines is 1. The van der Waals surface area contributed by atoms with E-state index < -0.39 is 0 Å². The van der Waals surface area contributed by atoms with Crippen LogP contribution in [0.3, 0.4) is 0 Å². The fourth-order valence-electron chi connectivity index (χ4n) is 4.04. The lowest BCUT2D eigenvalue weighted by molar-refractivity contribution is 0.0618. The van der Waals surface area contributed by atoms with Gasteiger partial charge in [0.1, 0.15) is 28.5 Å². The molecule has 0 fully saturated rings. The van der Waals surface area contributed by atoms with Gasteiger partial charge < -0.3 is 19.5 Å². The molecule has 7 heteroatoms. The number of carbonyl (C=O) groups excluding carboxylic acids is 1. The Morgan fingerprint density at radius 3 is 2.71 bits per heavy atom. The molecule has 2 heterocycles. The first-order valence-electron chi connectivity index (χ1n) is 10.2. The number of nitrogens with one attached hydrogen (secondary N) is 2. The lowest BCUT2D eigenvalue weighted by atomic mass is 9.89. The molecule has 3 aromatic rings. The summed E-state index contributed by atoms with van der Waals surface area (Å²) < 4.78 is 16.9. The van der Waals surface area contributed by atoms with E-state index >= 15 is 0 Å². The molecule has 1 aromatic heterocycles. The maximum absolute atomic E-state index is 13.2. The van der Waals surface area contributed by atoms with E-state index in [1.54, 1.807) is 14.2 Å². The van der Waals surface area contributed by atoms with Crippen LogP contribution in [0.4, 0.5) is 0 Å². The Hall–Kier alpha value is -3.48. The highest BCUT2D eigenvalue weighted by molar-refractivity contribution is 5.96. The van der Waals surface area contributed by atoms with E-state index in [1.807, 2.05) is 63.2 Å². The summed E-state index contributed by atoms with van der Waals surface area (Å²) in [5, 5.41) is 10.5. The average molecular weight is 421 g/mol. The average Bonchev–Trinajstić information content (AvgIpc) is 3.13. The Morgan fingerprint density at radius 1 is 1.19 bits per heavy atom. The molecule has 4 rings (SSSR count). The maximum atomic E-state index is 13.2. The second-order valence-corrected chi connectivity index (χ2v) is 8.27. The van der Waals surface area contributed by atoms with Gasteiger partial charge in [-0.2, -0.15) is 5.10 Å². The second-order valence-electron chi connectivity index (χ2n) is 8.27. The summed E-state index contributed by atoms with van der Waals surface area (Å²) in [6, 6.07) is 13.1. The number of hydrogen-bond acceptors (Lipinski definition) is 5. The summed E-state index contributed by atoms with van der Waals surface area (Å²) in [7, 11) is 3.21. The van der Waals surface area contributed by atoms with E-state index in [-0.39, 0.29) is 17.6 Å². The number of para-hydroxylation sites is 1. The van der Waals surface area contributed by atoms with Gasteiger partial charge in [0.15, 0.2) is 0 Å². The van der Waals surface area contributed by atoms with Crippen molar-refractivity contribution in [2.45, 2.75) is 38.8 Å². The zero-order chi connectivity index (χ0) is 22.2. The summed E-state index contributed by atoms with van der Waals surface area (Å²) in [5.74, 6) is 1.93. The molecule has 0 radical (unpaired) electrons. The molecule has 0 bridgehead atoms. The molecule has 2 aromatic carbocycles. The SMILES string of the molecule is COc1ccc(OC)c(-c2n[nH]c(C(=O)N[C@@H]3CC(C)(C)Oc4ccccc43)c2C)c1. The van der Waals surface area contributed by atoms with E-state index in [2.05, 4.69) is 15.5 Å². The topological polar surface area (TPSA) is 85.5 Å². The van der Waals surface area contributed by atoms with E-state index in [4.69, 9.17) is 14.2 Å². The Kier molecular flexibility index (Phi) is 5.35. The molecular weight excluding hydrogens is 394 g/mol. The van der Waals surface area contributed by atoms with Crippen LogP contribution in [-0.2, 0) is 0 Å². The molecule has 1 amide bonds. The molecule has 31 heavy (non-hydrogen) atoms. The number of methoxy groups -OCH3 is 2. The number of rotatable bonds is 5. The van der Waals surface area contributed by atoms with E-state index in [0.29, 0.717) is 29.3 Å². The third-order valence-corrected chi connectivity index (χ3v) is 5.58. The predicted octanol–water partition coefficient (Wildman–Crippen LogP) is 4.43. The summed E-state index contributed by atoms with van der Waals surface area (Å²) in [5.41, 5.74) is 3.15. The first-order valence-corrected chi connectivity index (χ1v) is 10.2. The minimum absolute atomic E-state index is 0.162. The number of ether oxygens (including phenoxy) is 3. The van der Waals surface area contributed by atoms with Crippen LogP contribution in [-0.4, -0.2) is 35.9 Å². The van der Waals surface area contributed by atoms with Gasteiger partial charge in [0.05, 0.1) is 26.0 Å². The van der Waals surface area contributed by atoms with Gasteiger partial charge in [-0.1, -0.05) is 18.2 Å². The fourth-order valence-corrected chi connectivity index (χ4v) is 4.04. The Bertz CT molecular complexity index is 1120. The van der Waals surface area contributed by atoms with Crippen molar-refractivity contribution in [2.75, 3.05) is 14.2 Å². The number of carbonyl (C=O) groups is 1. The summed E-state index contributed by atoms with van der Waals surface area (Å²) >= 11 is 0. The van der Waals surface area contributed by atoms with Crippen LogP contribution in [0, 0.1) is 6.92 Å². The van der Waals surface area contributed by atoms with Gasteiger partial charge in [-0.3, -0.25) is 9.89 Å². The number of benzene rings is 2. The number of fused-ring (bicyclic) bond motifs is 1. The number of amides is 1. The van der Waals surface area contributed by atoms with Crippen molar-refractivity contribution in [1.82, 2.24) is 15.5 Å². The first kappa shape index (κ1) is 20.8. The van der Waals surface area contributed by atoms with Gasteiger partial charge in [-0.05, 0) is 45.0 Å². The highest BCUT2D eigenvalue weighted by Crippen LogP contribution is 2.40. The quantitative estimate of drug-likeness (QED) is 0.636. The van der Waals surface area contributed by atoms with Crippen molar-refractivity contribution in [2.24, 2.45) is 0 Å². The maximum Gasteiger partial charge on any atom is 0.270 e. The normalized spacial score (nSPS) is 16.7. The van der Waals surface area contributed by atoms with Crippen LogP contribution in [0.5, 0.6) is 17.2 Å². The van der Waals surface area contributed by atoms with Crippen molar-refractivity contribution in [3.63, 3.8) is 0 Å². The molecule has 0 unspecified atom stereocenters. The van der Waals surface area contributed by atoms with E-state index in [0.717, 1.165) is 22.4 Å². The standard InChI is InChI=1S/C24H27N3O4/c1-14-21(17-12-15(29-4)10-11-19(17)30-5)26-27-22(14)23(28)25-18-13-24(2,3)31-20-9-7-6-8-16(18)20/h6-12,18H,13H2,1-5H3,(H,25,28)(H,26,27)/t18-/m1/s1. The molecule has 0 spiro atoms. The van der Waals surface area contributed by atoms with Crippen LogP contribution in [0.25, 0.3) is 11.3 Å². The molecule has 0 aliphatic carbocycles. The molecule has 1 aliphatic rings. The monoisotopic (exact) mass is 421 g/mol. The first-order chi connectivity index (χ1) is 14.8. The van der Waals surface area contributed by atoms with Crippen LogP contribution < -0.4 is 19.5 Å². The van der Waals surface area contributed by atoms with Crippen LogP contribution in [0.1, 0.15) is 47.9 Å². The van der Waals surface area contributed by atoms with Gasteiger partial charge in [-0.15, -0.1) is 0 Å². The van der Waals surface area contributed by atoms with Gasteiger partial charge in [0, 0.05) is 23.1 Å². The molecule has 162 valence electrons. The number of aromatic nitrogens is 2. The zero-order valence-corrected chi connectivity index (χ0v) is 18.4. The molecule has 2 N–H and O–H groups in total. The highest BCUT2D eigenvalue weighted by atomic mass is 16.5. The molecule has 0 saturated heterocycles. The molecular formula is C24H27N3O4. The van der Waals surface area contributed by atoms with Crippen LogP contribution in [0.15, 0.2) is 42.5 Å². The lowest BCUT2D eigenvalue weighted by Gasteiger charge is -2.37. The highest BCUT2D eigenvalue weighted by Gasteiger charge is 2.35. The smallest absolute Gasteiger partial charge is 0.270 e. The predicted molar refractivity (Wildman–Crippen MR) is 118 cm³/mol.